The van der Waals surface area contributed by atoms with Gasteiger partial charge in [-0.2, -0.15) is 0 Å². The molecule has 1 aromatic rings. The molecule has 1 rings (SSSR count). The Kier molecular flexibility index (Phi) is 5.71. The number of hydrogen-bond donors (Lipinski definition) is 0. The van der Waals surface area contributed by atoms with Crippen LogP contribution >= 0.6 is 23.2 Å². The second-order valence-corrected chi connectivity index (χ2v) is 2.73. The van der Waals surface area contributed by atoms with Gasteiger partial charge in [-0.3, -0.25) is 0 Å². The van der Waals surface area contributed by atoms with Crippen molar-refractivity contribution in [3.63, 3.8) is 0 Å². The Morgan fingerprint density at radius 3 is 2.00 bits per heavy atom. The van der Waals surface area contributed by atoms with Crippen molar-refractivity contribution in [3.8, 4) is 0 Å². The monoisotopic (exact) mass is 249 g/mol. The molecular formula is C7H5Cl2Zr. The van der Waals surface area contributed by atoms with Crippen LogP contribution in [0.3, 0.4) is 0 Å². The van der Waals surface area contributed by atoms with Gasteiger partial charge in [-0.25, -0.2) is 0 Å². The first kappa shape index (κ1) is 10.7. The first-order chi connectivity index (χ1) is 4.30. The molecular weight excluding hydrogens is 246 g/mol. The van der Waals surface area contributed by atoms with E-state index in [1.54, 1.807) is 12.1 Å². The molecule has 0 fully saturated rings. The van der Waals surface area contributed by atoms with Crippen LogP contribution in [-0.4, -0.2) is 0 Å². The van der Waals surface area contributed by atoms with Crippen LogP contribution in [0.4, 0.5) is 0 Å². The molecule has 0 aliphatic heterocycles. The minimum Gasteiger partial charge on any atom is -0.100 e. The molecule has 0 aliphatic rings. The Hall–Kier alpha value is 0.683. The maximum Gasteiger partial charge on any atom is 0.132 e. The third kappa shape index (κ3) is 3.19. The van der Waals surface area contributed by atoms with E-state index in [0.29, 0.717) is 0 Å². The summed E-state index contributed by atoms with van der Waals surface area (Å²) in [7, 11) is 0. The zero-order chi connectivity index (χ0) is 6.69. The third-order valence-electron chi connectivity index (χ3n) is 0.996. The van der Waals surface area contributed by atoms with E-state index in [0.717, 1.165) is 5.56 Å². The molecule has 0 nitrogen and oxygen atoms in total. The van der Waals surface area contributed by atoms with Crippen LogP contribution < -0.4 is 0 Å². The van der Waals surface area contributed by atoms with E-state index in [1.807, 2.05) is 12.1 Å². The van der Waals surface area contributed by atoms with Crippen LogP contribution in [0.5, 0.6) is 0 Å². The van der Waals surface area contributed by atoms with E-state index in [9.17, 15) is 0 Å². The molecule has 1 aromatic carbocycles. The fourth-order valence-electron chi connectivity index (χ4n) is 0.545. The van der Waals surface area contributed by atoms with E-state index in [2.05, 4.69) is 6.07 Å². The Morgan fingerprint density at radius 1 is 1.20 bits per heavy atom. The van der Waals surface area contributed by atoms with Gasteiger partial charge in [-0.1, -0.05) is 24.3 Å². The van der Waals surface area contributed by atoms with Gasteiger partial charge in [0.1, 0.15) is 4.84 Å². The van der Waals surface area contributed by atoms with E-state index in [-0.39, 0.29) is 26.2 Å². The maximum atomic E-state index is 5.55. The summed E-state index contributed by atoms with van der Waals surface area (Å²) in [6.07, 6.45) is 0. The minimum atomic E-state index is -0.417. The molecule has 0 heterocycles. The second-order valence-electron chi connectivity index (χ2n) is 1.63. The normalized spacial score (nSPS) is 9.10. The second kappa shape index (κ2) is 5.35. The number of benzene rings is 1. The summed E-state index contributed by atoms with van der Waals surface area (Å²) in [5, 5.41) is 0. The van der Waals surface area contributed by atoms with Gasteiger partial charge in [0, 0.05) is 26.2 Å². The molecule has 0 atom stereocenters. The number of rotatable bonds is 1. The molecule has 0 bridgehead atoms. The number of alkyl halides is 2. The van der Waals surface area contributed by atoms with Crippen LogP contribution in [-0.2, 0) is 26.2 Å². The fourth-order valence-corrected chi connectivity index (χ4v) is 0.836. The first-order valence-corrected chi connectivity index (χ1v) is 3.42. The fraction of sp³-hybridized carbons (Fsp3) is 0.143. The molecule has 0 saturated heterocycles. The molecule has 0 spiro atoms. The maximum absolute atomic E-state index is 5.55. The van der Waals surface area contributed by atoms with Crippen molar-refractivity contribution in [2.24, 2.45) is 0 Å². The van der Waals surface area contributed by atoms with Crippen molar-refractivity contribution in [3.05, 3.63) is 35.9 Å². The molecule has 0 amide bonds. The van der Waals surface area contributed by atoms with Crippen molar-refractivity contribution in [1.82, 2.24) is 0 Å². The summed E-state index contributed by atoms with van der Waals surface area (Å²) in [6.45, 7) is 0. The SMILES string of the molecule is ClC(Cl)c1cc[c]cc1.[Zr]. The topological polar surface area (TPSA) is 0 Å². The predicted molar refractivity (Wildman–Crippen MR) is 39.7 cm³/mol. The summed E-state index contributed by atoms with van der Waals surface area (Å²) in [6, 6.07) is 10.1. The number of halogens is 2. The Labute approximate surface area is 89.7 Å². The van der Waals surface area contributed by atoms with Crippen LogP contribution in [0, 0.1) is 6.07 Å². The molecule has 0 saturated carbocycles. The summed E-state index contributed by atoms with van der Waals surface area (Å²) in [4.78, 5) is -0.417. The Bertz CT molecular complexity index is 174. The predicted octanol–water partition coefficient (Wildman–Crippen LogP) is 2.96. The van der Waals surface area contributed by atoms with Gasteiger partial charge < -0.3 is 0 Å². The van der Waals surface area contributed by atoms with Crippen LogP contribution in [0.2, 0.25) is 0 Å². The first-order valence-electron chi connectivity index (χ1n) is 2.55. The zero-order valence-corrected chi connectivity index (χ0v) is 9.11. The van der Waals surface area contributed by atoms with Gasteiger partial charge in [0.05, 0.1) is 0 Å². The minimum absolute atomic E-state index is 0. The van der Waals surface area contributed by atoms with E-state index in [4.69, 9.17) is 23.2 Å². The third-order valence-corrected chi connectivity index (χ3v) is 1.50. The van der Waals surface area contributed by atoms with E-state index < -0.39 is 4.84 Å². The van der Waals surface area contributed by atoms with Gasteiger partial charge in [0.2, 0.25) is 0 Å². The van der Waals surface area contributed by atoms with Crippen molar-refractivity contribution in [2.45, 2.75) is 4.84 Å². The van der Waals surface area contributed by atoms with Gasteiger partial charge in [0.15, 0.2) is 0 Å². The van der Waals surface area contributed by atoms with Gasteiger partial charge in [-0.05, 0) is 11.6 Å². The summed E-state index contributed by atoms with van der Waals surface area (Å²) in [5.74, 6) is 0. The average molecular weight is 251 g/mol. The van der Waals surface area contributed by atoms with Crippen LogP contribution in [0.15, 0.2) is 24.3 Å². The molecule has 10 heavy (non-hydrogen) atoms. The van der Waals surface area contributed by atoms with Crippen LogP contribution in [0.25, 0.3) is 0 Å². The van der Waals surface area contributed by atoms with Crippen molar-refractivity contribution >= 4 is 23.2 Å². The summed E-state index contributed by atoms with van der Waals surface area (Å²) in [5.41, 5.74) is 0.914. The molecule has 1 radical (unpaired) electrons. The van der Waals surface area contributed by atoms with E-state index in [1.165, 1.54) is 0 Å². The molecule has 0 aliphatic carbocycles. The van der Waals surface area contributed by atoms with Crippen molar-refractivity contribution in [2.75, 3.05) is 0 Å². The Balaban J connectivity index is 0.000000810. The molecule has 0 aromatic heterocycles. The van der Waals surface area contributed by atoms with Crippen LogP contribution in [0.1, 0.15) is 10.4 Å². The Morgan fingerprint density at radius 2 is 1.70 bits per heavy atom. The van der Waals surface area contributed by atoms with Gasteiger partial charge >= 0.3 is 0 Å². The van der Waals surface area contributed by atoms with Crippen molar-refractivity contribution < 1.29 is 26.2 Å². The van der Waals surface area contributed by atoms with E-state index >= 15 is 0 Å². The zero-order valence-electron chi connectivity index (χ0n) is 5.14. The number of hydrogen-bond acceptors (Lipinski definition) is 0. The molecule has 0 N–H and O–H groups in total. The molecule has 0 unspecified atom stereocenters. The molecule has 3 heteroatoms. The smallest absolute Gasteiger partial charge is 0.100 e. The molecule has 51 valence electrons. The standard InChI is InChI=1S/C7H5Cl2.Zr/c8-7(9)6-4-2-1-3-5-6;/h2-5,7H;. The summed E-state index contributed by atoms with van der Waals surface area (Å²) < 4.78 is 0. The average Bonchev–Trinajstić information content (AvgIpc) is 1.90. The van der Waals surface area contributed by atoms with Gasteiger partial charge in [0.25, 0.3) is 0 Å². The summed E-state index contributed by atoms with van der Waals surface area (Å²) >= 11 is 11.1. The quantitative estimate of drug-likeness (QED) is 0.673. The van der Waals surface area contributed by atoms with Gasteiger partial charge in [-0.15, -0.1) is 23.2 Å². The largest absolute Gasteiger partial charge is 0.132 e. The van der Waals surface area contributed by atoms with Crippen molar-refractivity contribution in [1.29, 1.82) is 0 Å².